The molecule has 0 amide bonds. The van der Waals surface area contributed by atoms with Crippen molar-refractivity contribution in [1.29, 1.82) is 0 Å². The van der Waals surface area contributed by atoms with Crippen LogP contribution in [0.3, 0.4) is 0 Å². The number of nitrogens with zero attached hydrogens (tertiary/aromatic N) is 2. The number of hydrogen-bond donors (Lipinski definition) is 1. The van der Waals surface area contributed by atoms with Gasteiger partial charge in [-0.15, -0.1) is 0 Å². The van der Waals surface area contributed by atoms with E-state index in [1.54, 1.807) is 49.0 Å². The average molecular weight is 403 g/mol. The minimum atomic E-state index is -3.42. The second kappa shape index (κ2) is 7.18. The van der Waals surface area contributed by atoms with Gasteiger partial charge in [0.05, 0.1) is 22.8 Å². The number of aryl methyl sites for hydroxylation is 2. The van der Waals surface area contributed by atoms with Crippen molar-refractivity contribution < 1.29 is 17.5 Å². The molecule has 3 aromatic rings. The lowest BCUT2D eigenvalue weighted by Crippen LogP contribution is -2.16. The maximum absolute atomic E-state index is 13.5. The van der Waals surface area contributed by atoms with Crippen molar-refractivity contribution in [3.8, 4) is 0 Å². The molecule has 8 heteroatoms. The number of aromatic nitrogens is 2. The van der Waals surface area contributed by atoms with Crippen LogP contribution in [0.4, 0.5) is 15.9 Å². The molecular formula is C20H22FN3O3S. The second-order valence-corrected chi connectivity index (χ2v) is 9.29. The Morgan fingerprint density at radius 2 is 2.11 bits per heavy atom. The summed E-state index contributed by atoms with van der Waals surface area (Å²) in [6.45, 7) is 2.80. The number of hydrogen-bond acceptors (Lipinski definition) is 5. The summed E-state index contributed by atoms with van der Waals surface area (Å²) in [4.78, 5) is 0.276. The Hall–Kier alpha value is -2.45. The fraction of sp³-hybridized carbons (Fsp3) is 0.350. The molecule has 1 aliphatic heterocycles. The van der Waals surface area contributed by atoms with Crippen molar-refractivity contribution in [1.82, 2.24) is 9.78 Å². The van der Waals surface area contributed by atoms with Crippen molar-refractivity contribution in [2.24, 2.45) is 13.0 Å². The van der Waals surface area contributed by atoms with Crippen LogP contribution in [-0.4, -0.2) is 37.2 Å². The van der Waals surface area contributed by atoms with E-state index < -0.39 is 9.84 Å². The quantitative estimate of drug-likeness (QED) is 0.705. The summed E-state index contributed by atoms with van der Waals surface area (Å²) >= 11 is 0. The van der Waals surface area contributed by atoms with Gasteiger partial charge in [-0.1, -0.05) is 0 Å². The Kier molecular flexibility index (Phi) is 4.84. The fourth-order valence-electron chi connectivity index (χ4n) is 3.51. The standard InChI is InChI=1S/C20H22FN3O3S/c1-13-9-15(3-5-18(13)21)22-20-17-10-16(4-6-19(17)24(2)23-20)28(25,26)12-14-7-8-27-11-14/h3-6,9-10,14H,7-8,11-12H2,1-2H3,(H,22,23)/t14-/m0/s1. The van der Waals surface area contributed by atoms with E-state index in [-0.39, 0.29) is 22.4 Å². The zero-order valence-electron chi connectivity index (χ0n) is 15.8. The largest absolute Gasteiger partial charge is 0.381 e. The summed E-state index contributed by atoms with van der Waals surface area (Å²) in [7, 11) is -1.62. The fourth-order valence-corrected chi connectivity index (χ4v) is 5.16. The molecule has 1 saturated heterocycles. The van der Waals surface area contributed by atoms with Gasteiger partial charge >= 0.3 is 0 Å². The van der Waals surface area contributed by atoms with Crippen molar-refractivity contribution in [3.05, 3.63) is 47.8 Å². The molecule has 4 rings (SSSR count). The molecule has 1 aromatic heterocycles. The maximum atomic E-state index is 13.5. The van der Waals surface area contributed by atoms with Crippen LogP contribution >= 0.6 is 0 Å². The Bertz CT molecular complexity index is 1140. The molecule has 0 radical (unpaired) electrons. The molecule has 0 aliphatic carbocycles. The SMILES string of the molecule is Cc1cc(Nc2nn(C)c3ccc(S(=O)(=O)C[C@H]4CCOC4)cc23)ccc1F. The minimum Gasteiger partial charge on any atom is -0.381 e. The van der Waals surface area contributed by atoms with Crippen molar-refractivity contribution in [3.63, 3.8) is 0 Å². The zero-order valence-corrected chi connectivity index (χ0v) is 16.6. The van der Waals surface area contributed by atoms with Crippen LogP contribution < -0.4 is 5.32 Å². The summed E-state index contributed by atoms with van der Waals surface area (Å²) in [6, 6.07) is 9.76. The summed E-state index contributed by atoms with van der Waals surface area (Å²) in [5.74, 6) is 0.374. The smallest absolute Gasteiger partial charge is 0.178 e. The highest BCUT2D eigenvalue weighted by molar-refractivity contribution is 7.91. The van der Waals surface area contributed by atoms with E-state index in [9.17, 15) is 12.8 Å². The molecule has 1 aliphatic rings. The monoisotopic (exact) mass is 403 g/mol. The lowest BCUT2D eigenvalue weighted by atomic mass is 10.2. The van der Waals surface area contributed by atoms with Gasteiger partial charge in [-0.3, -0.25) is 4.68 Å². The number of fused-ring (bicyclic) bond motifs is 1. The van der Waals surface area contributed by atoms with E-state index in [1.807, 2.05) is 0 Å². The van der Waals surface area contributed by atoms with Crippen molar-refractivity contribution >= 4 is 32.2 Å². The third kappa shape index (κ3) is 3.62. The third-order valence-corrected chi connectivity index (χ3v) is 6.96. The van der Waals surface area contributed by atoms with Gasteiger partial charge in [0.15, 0.2) is 15.7 Å². The van der Waals surface area contributed by atoms with Gasteiger partial charge in [-0.2, -0.15) is 5.10 Å². The van der Waals surface area contributed by atoms with Gasteiger partial charge < -0.3 is 10.1 Å². The Morgan fingerprint density at radius 3 is 2.82 bits per heavy atom. The van der Waals surface area contributed by atoms with E-state index in [0.29, 0.717) is 35.7 Å². The van der Waals surface area contributed by atoms with E-state index in [1.165, 1.54) is 6.07 Å². The van der Waals surface area contributed by atoms with Crippen LogP contribution in [0.1, 0.15) is 12.0 Å². The third-order valence-electron chi connectivity index (χ3n) is 5.08. The number of sulfone groups is 1. The number of anilines is 2. The van der Waals surface area contributed by atoms with E-state index in [4.69, 9.17) is 4.74 Å². The molecule has 28 heavy (non-hydrogen) atoms. The molecule has 0 spiro atoms. The highest BCUT2D eigenvalue weighted by Crippen LogP contribution is 2.30. The Morgan fingerprint density at radius 1 is 1.29 bits per heavy atom. The number of halogens is 1. The summed E-state index contributed by atoms with van der Waals surface area (Å²) in [6.07, 6.45) is 0.769. The van der Waals surface area contributed by atoms with Gasteiger partial charge in [0.1, 0.15) is 5.82 Å². The lowest BCUT2D eigenvalue weighted by Gasteiger charge is -2.10. The van der Waals surface area contributed by atoms with E-state index >= 15 is 0 Å². The highest BCUT2D eigenvalue weighted by atomic mass is 32.2. The molecule has 1 atom stereocenters. The van der Waals surface area contributed by atoms with E-state index in [0.717, 1.165) is 11.9 Å². The van der Waals surface area contributed by atoms with Crippen LogP contribution in [0.25, 0.3) is 10.9 Å². The Labute approximate surface area is 163 Å². The number of benzene rings is 2. The van der Waals surface area contributed by atoms with Gasteiger partial charge in [0.25, 0.3) is 0 Å². The van der Waals surface area contributed by atoms with Crippen LogP contribution in [0.5, 0.6) is 0 Å². The molecule has 0 saturated carbocycles. The van der Waals surface area contributed by atoms with E-state index in [2.05, 4.69) is 10.4 Å². The average Bonchev–Trinajstić information content (AvgIpc) is 3.26. The summed E-state index contributed by atoms with van der Waals surface area (Å²) < 4.78 is 46.2. The molecule has 2 aromatic carbocycles. The summed E-state index contributed by atoms with van der Waals surface area (Å²) in [5, 5.41) is 8.34. The predicted molar refractivity (Wildman–Crippen MR) is 106 cm³/mol. The number of nitrogens with one attached hydrogen (secondary N) is 1. The van der Waals surface area contributed by atoms with Gasteiger partial charge in [0, 0.05) is 24.7 Å². The molecule has 2 heterocycles. The maximum Gasteiger partial charge on any atom is 0.178 e. The van der Waals surface area contributed by atoms with Crippen LogP contribution in [0.2, 0.25) is 0 Å². The van der Waals surface area contributed by atoms with Gasteiger partial charge in [-0.05, 0) is 61.2 Å². The summed E-state index contributed by atoms with van der Waals surface area (Å²) in [5.41, 5.74) is 2.02. The number of ether oxygens (including phenoxy) is 1. The molecule has 0 unspecified atom stereocenters. The first-order chi connectivity index (χ1) is 13.3. The van der Waals surface area contributed by atoms with Gasteiger partial charge in [0.2, 0.25) is 0 Å². The molecule has 0 bridgehead atoms. The van der Waals surface area contributed by atoms with Crippen LogP contribution in [0, 0.1) is 18.7 Å². The molecule has 1 fully saturated rings. The molecule has 6 nitrogen and oxygen atoms in total. The second-order valence-electron chi connectivity index (χ2n) is 7.25. The molecule has 148 valence electrons. The Balaban J connectivity index is 1.70. The number of rotatable bonds is 5. The first-order valence-electron chi connectivity index (χ1n) is 9.14. The van der Waals surface area contributed by atoms with Gasteiger partial charge in [-0.25, -0.2) is 12.8 Å². The van der Waals surface area contributed by atoms with Crippen molar-refractivity contribution in [2.75, 3.05) is 24.3 Å². The molecule has 1 N–H and O–H groups in total. The molecular weight excluding hydrogens is 381 g/mol. The van der Waals surface area contributed by atoms with Crippen LogP contribution in [-0.2, 0) is 21.6 Å². The topological polar surface area (TPSA) is 73.2 Å². The van der Waals surface area contributed by atoms with Crippen molar-refractivity contribution in [2.45, 2.75) is 18.2 Å². The normalized spacial score (nSPS) is 17.3. The van der Waals surface area contributed by atoms with Crippen LogP contribution in [0.15, 0.2) is 41.3 Å². The predicted octanol–water partition coefficient (Wildman–Crippen LogP) is 3.57. The zero-order chi connectivity index (χ0) is 19.9. The first kappa shape index (κ1) is 18.9. The lowest BCUT2D eigenvalue weighted by molar-refractivity contribution is 0.188. The first-order valence-corrected chi connectivity index (χ1v) is 10.8. The highest BCUT2D eigenvalue weighted by Gasteiger charge is 2.25. The minimum absolute atomic E-state index is 0.0365.